The van der Waals surface area contributed by atoms with Crippen LogP contribution in [0.3, 0.4) is 0 Å². The van der Waals surface area contributed by atoms with E-state index in [9.17, 15) is 19.2 Å². The van der Waals surface area contributed by atoms with Gasteiger partial charge in [0.25, 0.3) is 11.6 Å². The third kappa shape index (κ3) is 7.02. The Morgan fingerprint density at radius 2 is 1.53 bits per heavy atom. The van der Waals surface area contributed by atoms with Crippen LogP contribution < -0.4 is 5.32 Å². The summed E-state index contributed by atoms with van der Waals surface area (Å²) < 4.78 is 17.8. The fraction of sp³-hybridized carbons (Fsp3) is 0.222. The summed E-state index contributed by atoms with van der Waals surface area (Å²) in [4.78, 5) is 55.8. The van der Waals surface area contributed by atoms with Gasteiger partial charge in [-0.2, -0.15) is 0 Å². The van der Waals surface area contributed by atoms with Crippen molar-refractivity contribution in [3.63, 3.8) is 0 Å². The molecule has 1 fully saturated rings. The molecule has 2 atom stereocenters. The Kier molecular flexibility index (Phi) is 9.86. The summed E-state index contributed by atoms with van der Waals surface area (Å²) in [5, 5.41) is 3.97. The van der Waals surface area contributed by atoms with Crippen molar-refractivity contribution in [1.29, 1.82) is 0 Å². The molecule has 9 nitrogen and oxygen atoms in total. The topological polar surface area (TPSA) is 111 Å². The number of thioether (sulfide) groups is 1. The Morgan fingerprint density at radius 1 is 0.894 bits per heavy atom. The summed E-state index contributed by atoms with van der Waals surface area (Å²) in [5.74, 6) is -2.06. The van der Waals surface area contributed by atoms with Crippen molar-refractivity contribution in [1.82, 2.24) is 10.2 Å². The van der Waals surface area contributed by atoms with Crippen LogP contribution in [0.5, 0.6) is 0 Å². The zero-order chi connectivity index (χ0) is 32.8. The average Bonchev–Trinajstić information content (AvgIpc) is 3.61. The summed E-state index contributed by atoms with van der Waals surface area (Å²) in [6, 6.07) is 31.6. The Labute approximate surface area is 280 Å². The lowest BCUT2D eigenvalue weighted by molar-refractivity contribution is -0.202. The van der Waals surface area contributed by atoms with Crippen LogP contribution in [0.1, 0.15) is 34.6 Å². The van der Waals surface area contributed by atoms with Crippen LogP contribution in [0.4, 0.5) is 0 Å². The van der Waals surface area contributed by atoms with Crippen LogP contribution in [0.2, 0.25) is 0 Å². The van der Waals surface area contributed by atoms with Crippen LogP contribution in [0.25, 0.3) is 0 Å². The first-order valence-electron chi connectivity index (χ1n) is 15.0. The van der Waals surface area contributed by atoms with Crippen molar-refractivity contribution in [2.45, 2.75) is 37.2 Å². The molecule has 3 heterocycles. The van der Waals surface area contributed by atoms with Gasteiger partial charge in [-0.05, 0) is 28.1 Å². The monoisotopic (exact) mass is 668 g/mol. The first kappa shape index (κ1) is 32.2. The van der Waals surface area contributed by atoms with Crippen LogP contribution in [0.15, 0.2) is 120 Å². The molecule has 0 spiro atoms. The van der Waals surface area contributed by atoms with Gasteiger partial charge in [-0.1, -0.05) is 97.1 Å². The molecule has 2 aliphatic rings. The normalized spacial score (nSPS) is 18.7. The highest BCUT2D eigenvalue weighted by molar-refractivity contribution is 8.00. The fourth-order valence-electron chi connectivity index (χ4n) is 5.50. The lowest BCUT2D eigenvalue weighted by atomic mass is 9.97. The minimum Gasteiger partial charge on any atom is -0.461 e. The molecule has 0 unspecified atom stereocenters. The largest absolute Gasteiger partial charge is 0.461 e. The number of esters is 2. The molecule has 240 valence electrons. The second-order valence-electron chi connectivity index (χ2n) is 11.0. The van der Waals surface area contributed by atoms with Crippen molar-refractivity contribution < 1.29 is 33.4 Å². The number of nitrogens with zero attached hydrogens (tertiary/aromatic N) is 1. The third-order valence-corrected chi connectivity index (χ3v) is 9.98. The molecule has 0 radical (unpaired) electrons. The summed E-state index contributed by atoms with van der Waals surface area (Å²) in [6.07, 6.45) is -0.710. The summed E-state index contributed by atoms with van der Waals surface area (Å²) in [5.41, 5.74) is 0.945. The summed E-state index contributed by atoms with van der Waals surface area (Å²) in [6.45, 7) is 1.12. The second-order valence-corrected chi connectivity index (χ2v) is 13.1. The number of hydrogen-bond donors (Lipinski definition) is 1. The van der Waals surface area contributed by atoms with Gasteiger partial charge < -0.3 is 19.5 Å². The van der Waals surface area contributed by atoms with E-state index < -0.39 is 35.0 Å². The van der Waals surface area contributed by atoms with Crippen LogP contribution in [-0.4, -0.2) is 52.1 Å². The fourth-order valence-corrected chi connectivity index (χ4v) is 7.60. The van der Waals surface area contributed by atoms with E-state index in [1.165, 1.54) is 34.9 Å². The third-order valence-electron chi connectivity index (χ3n) is 7.73. The maximum absolute atomic E-state index is 14.3. The molecular formula is C36H32N2O7S2. The van der Waals surface area contributed by atoms with E-state index in [0.29, 0.717) is 5.57 Å². The van der Waals surface area contributed by atoms with Crippen molar-refractivity contribution in [2.75, 3.05) is 12.4 Å². The van der Waals surface area contributed by atoms with Gasteiger partial charge in [-0.3, -0.25) is 19.3 Å². The molecule has 2 aliphatic heterocycles. The minimum atomic E-state index is -1.74. The molecule has 6 rings (SSSR count). The van der Waals surface area contributed by atoms with Crippen LogP contribution in [0, 0.1) is 0 Å². The molecule has 4 aromatic rings. The van der Waals surface area contributed by atoms with Gasteiger partial charge in [0, 0.05) is 23.1 Å². The number of nitrogens with one attached hydrogen (secondary N) is 1. The van der Waals surface area contributed by atoms with Gasteiger partial charge in [0.1, 0.15) is 17.7 Å². The predicted octanol–water partition coefficient (Wildman–Crippen LogP) is 5.39. The Morgan fingerprint density at radius 3 is 2.13 bits per heavy atom. The van der Waals surface area contributed by atoms with E-state index in [4.69, 9.17) is 14.2 Å². The van der Waals surface area contributed by atoms with Gasteiger partial charge in [-0.15, -0.1) is 23.1 Å². The van der Waals surface area contributed by atoms with Crippen LogP contribution >= 0.6 is 23.1 Å². The number of ether oxygens (including phenoxy) is 3. The molecule has 0 bridgehead atoms. The lowest BCUT2D eigenvalue weighted by Crippen LogP contribution is -2.81. The van der Waals surface area contributed by atoms with Crippen molar-refractivity contribution in [3.8, 4) is 0 Å². The molecule has 1 N–H and O–H groups in total. The molecule has 1 aromatic heterocycles. The molecule has 3 aromatic carbocycles. The molecule has 1 saturated heterocycles. The number of hydrogen-bond acceptors (Lipinski definition) is 9. The number of thiophene rings is 1. The zero-order valence-electron chi connectivity index (χ0n) is 25.5. The Hall–Kier alpha value is -4.71. The summed E-state index contributed by atoms with van der Waals surface area (Å²) >= 11 is 2.75. The first-order chi connectivity index (χ1) is 22.9. The first-order valence-corrected chi connectivity index (χ1v) is 16.9. The number of rotatable bonds is 12. The predicted molar refractivity (Wildman–Crippen MR) is 178 cm³/mol. The smallest absolute Gasteiger partial charge is 0.356 e. The highest BCUT2D eigenvalue weighted by Crippen LogP contribution is 2.48. The van der Waals surface area contributed by atoms with Gasteiger partial charge in [0.15, 0.2) is 6.10 Å². The van der Waals surface area contributed by atoms with Gasteiger partial charge in [0.05, 0.1) is 13.0 Å². The molecule has 0 saturated carbocycles. The number of β-lactam (4-membered cyclic amide) rings is 1. The average molecular weight is 669 g/mol. The highest BCUT2D eigenvalue weighted by Gasteiger charge is 2.67. The Balaban J connectivity index is 1.33. The van der Waals surface area contributed by atoms with Crippen molar-refractivity contribution >= 4 is 46.9 Å². The molecule has 11 heteroatoms. The van der Waals surface area contributed by atoms with Gasteiger partial charge >= 0.3 is 11.9 Å². The van der Waals surface area contributed by atoms with Crippen molar-refractivity contribution in [3.05, 3.63) is 141 Å². The van der Waals surface area contributed by atoms with Crippen molar-refractivity contribution in [2.24, 2.45) is 0 Å². The number of benzene rings is 3. The maximum atomic E-state index is 14.3. The van der Waals surface area contributed by atoms with E-state index in [1.807, 2.05) is 109 Å². The van der Waals surface area contributed by atoms with E-state index in [0.717, 1.165) is 21.6 Å². The van der Waals surface area contributed by atoms with E-state index >= 15 is 0 Å². The zero-order valence-corrected chi connectivity index (χ0v) is 27.1. The number of carbonyl (C=O) groups is 4. The second kappa shape index (κ2) is 14.4. The lowest BCUT2D eigenvalue weighted by Gasteiger charge is -2.56. The van der Waals surface area contributed by atoms with Crippen LogP contribution in [-0.2, 0) is 46.4 Å². The van der Waals surface area contributed by atoms with E-state index in [2.05, 4.69) is 5.32 Å². The molecule has 47 heavy (non-hydrogen) atoms. The molecule has 0 aliphatic carbocycles. The van der Waals surface area contributed by atoms with Gasteiger partial charge in [-0.25, -0.2) is 4.79 Å². The standard InChI is InChI=1S/C36H32N2O7S2/c1-24(39)43-22-28-23-47-35-36(44-21-25-12-5-2-6-13-25,37-30(40)20-29-18-11-19-46-29)34(42)38(35)31(28)33(41)45-32(26-14-7-3-8-15-26)27-16-9-4-10-17-27/h2-19,32,35H,20-23H2,1H3,(H,37,40)/t35-,36+/m1/s1. The minimum absolute atomic E-state index is 0.0247. The maximum Gasteiger partial charge on any atom is 0.356 e. The summed E-state index contributed by atoms with van der Waals surface area (Å²) in [7, 11) is 0. The van der Waals surface area contributed by atoms with E-state index in [-0.39, 0.29) is 37.0 Å². The quantitative estimate of drug-likeness (QED) is 0.122. The SMILES string of the molecule is CC(=O)OCC1=C(C(=O)OC(c2ccccc2)c2ccccc2)N2C(=O)[C@](NC(=O)Cc3cccs3)(OCc3ccccc3)[C@H]2SC1. The van der Waals surface area contributed by atoms with Gasteiger partial charge in [0.2, 0.25) is 5.91 Å². The number of amides is 2. The molecular weight excluding hydrogens is 637 g/mol. The van der Waals surface area contributed by atoms with E-state index in [1.54, 1.807) is 0 Å². The Bertz CT molecular complexity index is 1730. The molecule has 2 amide bonds. The number of fused-ring (bicyclic) bond motifs is 1. The highest BCUT2D eigenvalue weighted by atomic mass is 32.2. The number of carbonyl (C=O) groups excluding carboxylic acids is 4.